The maximum absolute atomic E-state index is 5.09. The molecule has 0 saturated carbocycles. The number of nitrogens with zero attached hydrogens (tertiary/aromatic N) is 3. The van der Waals surface area contributed by atoms with Crippen LogP contribution in [0, 0.1) is 0 Å². The third-order valence-electron chi connectivity index (χ3n) is 3.94. The minimum Gasteiger partial charge on any atom is -0.385 e. The highest BCUT2D eigenvalue weighted by Gasteiger charge is 2.16. The van der Waals surface area contributed by atoms with Crippen LogP contribution in [0.15, 0.2) is 54.9 Å². The molecule has 0 aliphatic heterocycles. The van der Waals surface area contributed by atoms with Crippen molar-refractivity contribution >= 4 is 5.69 Å². The van der Waals surface area contributed by atoms with E-state index in [0.29, 0.717) is 5.82 Å². The molecule has 1 unspecified atom stereocenters. The van der Waals surface area contributed by atoms with Crippen LogP contribution in [0.3, 0.4) is 0 Å². The molecule has 0 spiro atoms. The Kier molecular flexibility index (Phi) is 6.69. The normalized spacial score (nSPS) is 12.0. The fraction of sp³-hybridized carbons (Fsp3) is 0.316. The van der Waals surface area contributed by atoms with Crippen LogP contribution in [0.1, 0.15) is 18.3 Å². The average molecular weight is 352 g/mol. The smallest absolute Gasteiger partial charge is 0.181 e. The van der Waals surface area contributed by atoms with E-state index in [1.807, 2.05) is 42.5 Å². The molecule has 3 N–H and O–H groups in total. The molecule has 0 fully saturated rings. The Labute approximate surface area is 153 Å². The van der Waals surface area contributed by atoms with Gasteiger partial charge in [0.05, 0.1) is 6.04 Å². The van der Waals surface area contributed by atoms with E-state index >= 15 is 0 Å². The molecule has 0 bridgehead atoms. The van der Waals surface area contributed by atoms with Gasteiger partial charge >= 0.3 is 0 Å². The van der Waals surface area contributed by atoms with Gasteiger partial charge in [0.2, 0.25) is 0 Å². The Hall–Kier alpha value is -2.77. The highest BCUT2D eigenvalue weighted by molar-refractivity contribution is 5.53. The number of methoxy groups -OCH3 is 1. The van der Waals surface area contributed by atoms with Crippen molar-refractivity contribution in [1.29, 1.82) is 0 Å². The number of hydrogen-bond acceptors (Lipinski definition) is 6. The van der Waals surface area contributed by atoms with E-state index in [4.69, 9.17) is 4.74 Å². The number of aromatic nitrogens is 4. The number of ether oxygens (including phenoxy) is 1. The van der Waals surface area contributed by atoms with Crippen LogP contribution in [0.4, 0.5) is 5.69 Å². The van der Waals surface area contributed by atoms with Gasteiger partial charge in [-0.1, -0.05) is 18.2 Å². The Balaban J connectivity index is 1.71. The quantitative estimate of drug-likeness (QED) is 0.486. The van der Waals surface area contributed by atoms with Crippen LogP contribution in [-0.4, -0.2) is 47.0 Å². The third-order valence-corrected chi connectivity index (χ3v) is 3.94. The maximum atomic E-state index is 5.09. The van der Waals surface area contributed by atoms with Gasteiger partial charge in [0.15, 0.2) is 5.82 Å². The van der Waals surface area contributed by atoms with Crippen molar-refractivity contribution in [3.63, 3.8) is 0 Å². The molecule has 1 atom stereocenters. The first-order valence-electron chi connectivity index (χ1n) is 8.71. The van der Waals surface area contributed by atoms with Crippen LogP contribution < -0.4 is 10.6 Å². The fourth-order valence-electron chi connectivity index (χ4n) is 2.60. The Bertz CT molecular complexity index is 762. The van der Waals surface area contributed by atoms with Crippen molar-refractivity contribution in [3.8, 4) is 11.4 Å². The lowest BCUT2D eigenvalue weighted by Gasteiger charge is -2.18. The van der Waals surface area contributed by atoms with E-state index in [-0.39, 0.29) is 6.04 Å². The Morgan fingerprint density at radius 1 is 1.12 bits per heavy atom. The summed E-state index contributed by atoms with van der Waals surface area (Å²) < 4.78 is 5.09. The highest BCUT2D eigenvalue weighted by Crippen LogP contribution is 2.19. The molecule has 2 aromatic heterocycles. The number of hydrogen-bond donors (Lipinski definition) is 3. The summed E-state index contributed by atoms with van der Waals surface area (Å²) in [7, 11) is 1.72. The second-order valence-corrected chi connectivity index (χ2v) is 5.89. The molecule has 7 nitrogen and oxygen atoms in total. The highest BCUT2D eigenvalue weighted by atomic mass is 16.5. The molecule has 0 aliphatic rings. The SMILES string of the molecule is COCCCNCC(Nc1ccccc1)c1nc(-c2ccncc2)n[nH]1. The topological polar surface area (TPSA) is 87.8 Å². The lowest BCUT2D eigenvalue weighted by atomic mass is 10.2. The zero-order valence-corrected chi connectivity index (χ0v) is 14.9. The molecule has 26 heavy (non-hydrogen) atoms. The van der Waals surface area contributed by atoms with Crippen molar-refractivity contribution < 1.29 is 4.74 Å². The van der Waals surface area contributed by atoms with Gasteiger partial charge in [-0.3, -0.25) is 10.1 Å². The molecule has 0 saturated heterocycles. The number of anilines is 1. The molecule has 0 radical (unpaired) electrons. The van der Waals surface area contributed by atoms with Crippen molar-refractivity contribution in [2.45, 2.75) is 12.5 Å². The zero-order chi connectivity index (χ0) is 18.0. The summed E-state index contributed by atoms with van der Waals surface area (Å²) >= 11 is 0. The summed E-state index contributed by atoms with van der Waals surface area (Å²) in [5.74, 6) is 1.46. The summed E-state index contributed by atoms with van der Waals surface area (Å²) in [4.78, 5) is 8.71. The number of para-hydroxylation sites is 1. The van der Waals surface area contributed by atoms with Gasteiger partial charge in [-0.15, -0.1) is 0 Å². The van der Waals surface area contributed by atoms with Crippen LogP contribution in [0.2, 0.25) is 0 Å². The second kappa shape index (κ2) is 9.65. The molecule has 7 heteroatoms. The van der Waals surface area contributed by atoms with Crippen LogP contribution in [0.5, 0.6) is 0 Å². The number of pyridine rings is 1. The van der Waals surface area contributed by atoms with Gasteiger partial charge in [0.25, 0.3) is 0 Å². The number of aromatic amines is 1. The molecular weight excluding hydrogens is 328 g/mol. The predicted octanol–water partition coefficient (Wildman–Crippen LogP) is 2.65. The summed E-state index contributed by atoms with van der Waals surface area (Å²) in [6.07, 6.45) is 4.44. The van der Waals surface area contributed by atoms with Gasteiger partial charge in [0.1, 0.15) is 5.82 Å². The van der Waals surface area contributed by atoms with Crippen molar-refractivity contribution in [3.05, 3.63) is 60.7 Å². The first-order valence-corrected chi connectivity index (χ1v) is 8.71. The van der Waals surface area contributed by atoms with Gasteiger partial charge < -0.3 is 15.4 Å². The van der Waals surface area contributed by atoms with E-state index in [9.17, 15) is 0 Å². The molecule has 1 aromatic carbocycles. The molecule has 0 aliphatic carbocycles. The molecule has 3 rings (SSSR count). The zero-order valence-electron chi connectivity index (χ0n) is 14.9. The van der Waals surface area contributed by atoms with Gasteiger partial charge in [-0.2, -0.15) is 5.10 Å². The van der Waals surface area contributed by atoms with Crippen molar-refractivity contribution in [2.75, 3.05) is 32.1 Å². The Morgan fingerprint density at radius 3 is 2.69 bits per heavy atom. The molecule has 3 aromatic rings. The van der Waals surface area contributed by atoms with Crippen LogP contribution in [-0.2, 0) is 4.74 Å². The molecule has 136 valence electrons. The van der Waals surface area contributed by atoms with Crippen molar-refractivity contribution in [2.24, 2.45) is 0 Å². The molecule has 0 amide bonds. The first-order chi connectivity index (χ1) is 12.9. The lowest BCUT2D eigenvalue weighted by Crippen LogP contribution is -2.28. The number of benzene rings is 1. The second-order valence-electron chi connectivity index (χ2n) is 5.89. The van der Waals surface area contributed by atoms with E-state index in [1.165, 1.54) is 0 Å². The number of H-pyrrole nitrogens is 1. The van der Waals surface area contributed by atoms with Gasteiger partial charge in [0, 0.05) is 43.9 Å². The van der Waals surface area contributed by atoms with E-state index < -0.39 is 0 Å². The fourth-order valence-corrected chi connectivity index (χ4v) is 2.60. The predicted molar refractivity (Wildman–Crippen MR) is 102 cm³/mol. The average Bonchev–Trinajstić information content (AvgIpc) is 3.18. The summed E-state index contributed by atoms with van der Waals surface area (Å²) in [5.41, 5.74) is 1.98. The van der Waals surface area contributed by atoms with Crippen molar-refractivity contribution in [1.82, 2.24) is 25.5 Å². The summed E-state index contributed by atoms with van der Waals surface area (Å²) in [6.45, 7) is 2.36. The number of nitrogens with one attached hydrogen (secondary N) is 3. The summed E-state index contributed by atoms with van der Waals surface area (Å²) in [6, 6.07) is 13.9. The monoisotopic (exact) mass is 352 g/mol. The minimum atomic E-state index is -0.0250. The standard InChI is InChI=1S/C19H24N6O/c1-26-13-5-10-21-14-17(22-16-6-3-2-4-7-16)19-23-18(24-25-19)15-8-11-20-12-9-15/h2-4,6-9,11-12,17,21-22H,5,10,13-14H2,1H3,(H,23,24,25). The Morgan fingerprint density at radius 2 is 1.92 bits per heavy atom. The van der Waals surface area contributed by atoms with E-state index in [1.54, 1.807) is 19.5 Å². The van der Waals surface area contributed by atoms with E-state index in [0.717, 1.165) is 43.2 Å². The third kappa shape index (κ3) is 5.11. The number of rotatable bonds is 10. The maximum Gasteiger partial charge on any atom is 0.181 e. The van der Waals surface area contributed by atoms with E-state index in [2.05, 4.69) is 30.8 Å². The first kappa shape index (κ1) is 18.0. The molecule has 2 heterocycles. The minimum absolute atomic E-state index is 0.0250. The largest absolute Gasteiger partial charge is 0.385 e. The van der Waals surface area contributed by atoms with Crippen LogP contribution >= 0.6 is 0 Å². The summed E-state index contributed by atoms with van der Waals surface area (Å²) in [5, 5.41) is 14.4. The van der Waals surface area contributed by atoms with Gasteiger partial charge in [-0.05, 0) is 37.2 Å². The molecular formula is C19H24N6O. The lowest BCUT2D eigenvalue weighted by molar-refractivity contribution is 0.194. The van der Waals surface area contributed by atoms with Gasteiger partial charge in [-0.25, -0.2) is 4.98 Å². The van der Waals surface area contributed by atoms with Crippen LogP contribution in [0.25, 0.3) is 11.4 Å².